The molecule has 0 fully saturated rings. The highest BCUT2D eigenvalue weighted by Gasteiger charge is 2.10. The van der Waals surface area contributed by atoms with Gasteiger partial charge in [-0.15, -0.1) is 11.3 Å². The number of nitrogen functional groups attached to an aromatic ring is 1. The van der Waals surface area contributed by atoms with Gasteiger partial charge in [-0.1, -0.05) is 18.2 Å². The van der Waals surface area contributed by atoms with Crippen molar-refractivity contribution < 1.29 is 14.3 Å². The lowest BCUT2D eigenvalue weighted by atomic mass is 10.2. The monoisotopic (exact) mass is 306 g/mol. The van der Waals surface area contributed by atoms with Gasteiger partial charge in [0.1, 0.15) is 12.4 Å². The highest BCUT2D eigenvalue weighted by atomic mass is 32.1. The molecule has 0 saturated heterocycles. The quantitative estimate of drug-likeness (QED) is 0.338. The highest BCUT2D eigenvalue weighted by molar-refractivity contribution is 7.09. The first-order chi connectivity index (χ1) is 10.3. The topological polar surface area (TPSA) is 73.6 Å². The summed E-state index contributed by atoms with van der Waals surface area (Å²) in [6.07, 6.45) is 0.907. The fraction of sp³-hybridized carbons (Fsp3) is 0.267. The second-order valence-corrected chi connectivity index (χ2v) is 5.29. The summed E-state index contributed by atoms with van der Waals surface area (Å²) >= 11 is 1.72. The van der Waals surface area contributed by atoms with E-state index in [0.29, 0.717) is 31.1 Å². The Labute approximate surface area is 127 Å². The number of hydrogen-bond acceptors (Lipinski definition) is 5. The molecule has 0 saturated carbocycles. The second kappa shape index (κ2) is 8.41. The largest absolute Gasteiger partial charge is 0.490 e. The van der Waals surface area contributed by atoms with Crippen molar-refractivity contribution >= 4 is 17.2 Å². The van der Waals surface area contributed by atoms with Crippen molar-refractivity contribution in [2.75, 3.05) is 19.8 Å². The number of nitrogens with one attached hydrogen (secondary N) is 1. The van der Waals surface area contributed by atoms with Gasteiger partial charge in [-0.25, -0.2) is 5.84 Å². The molecule has 2 rings (SSSR count). The standard InChI is InChI=1S/C15H18N2O3S/c16-17-15(18)13-5-1-2-6-14(13)20-10-9-19-8-7-12-4-3-11-21-12/h1-6,11H,7-10,16H2,(H,17,18). The summed E-state index contributed by atoms with van der Waals surface area (Å²) in [5, 5.41) is 2.05. The average Bonchev–Trinajstić information content (AvgIpc) is 3.03. The number of hydrogen-bond donors (Lipinski definition) is 2. The van der Waals surface area contributed by atoms with Crippen molar-refractivity contribution in [2.45, 2.75) is 6.42 Å². The molecule has 5 nitrogen and oxygen atoms in total. The van der Waals surface area contributed by atoms with Crippen LogP contribution in [0.1, 0.15) is 15.2 Å². The van der Waals surface area contributed by atoms with E-state index in [1.807, 2.05) is 6.07 Å². The van der Waals surface area contributed by atoms with E-state index in [2.05, 4.69) is 16.9 Å². The minimum absolute atomic E-state index is 0.371. The number of thiophene rings is 1. The lowest BCUT2D eigenvalue weighted by Gasteiger charge is -2.10. The zero-order valence-electron chi connectivity index (χ0n) is 11.6. The van der Waals surface area contributed by atoms with Crippen LogP contribution >= 0.6 is 11.3 Å². The van der Waals surface area contributed by atoms with E-state index in [-0.39, 0.29) is 5.91 Å². The summed E-state index contributed by atoms with van der Waals surface area (Å²) in [5.74, 6) is 5.27. The number of benzene rings is 1. The molecular weight excluding hydrogens is 288 g/mol. The fourth-order valence-corrected chi connectivity index (χ4v) is 2.49. The Hall–Kier alpha value is -1.89. The molecule has 1 aromatic heterocycles. The number of hydrazine groups is 1. The van der Waals surface area contributed by atoms with Gasteiger partial charge in [0.2, 0.25) is 0 Å². The lowest BCUT2D eigenvalue weighted by Crippen LogP contribution is -2.30. The van der Waals surface area contributed by atoms with Crippen LogP contribution in [0.4, 0.5) is 0 Å². The van der Waals surface area contributed by atoms with Crippen molar-refractivity contribution in [1.82, 2.24) is 5.43 Å². The third-order valence-corrected chi connectivity index (χ3v) is 3.76. The fourth-order valence-electron chi connectivity index (χ4n) is 1.80. The third kappa shape index (κ3) is 4.86. The van der Waals surface area contributed by atoms with E-state index in [4.69, 9.17) is 15.3 Å². The first kappa shape index (κ1) is 15.5. The molecule has 0 spiro atoms. The summed E-state index contributed by atoms with van der Waals surface area (Å²) in [4.78, 5) is 12.9. The summed E-state index contributed by atoms with van der Waals surface area (Å²) in [7, 11) is 0. The van der Waals surface area contributed by atoms with Gasteiger partial charge in [0.15, 0.2) is 0 Å². The molecule has 2 aromatic rings. The first-order valence-electron chi connectivity index (χ1n) is 6.64. The maximum absolute atomic E-state index is 11.6. The van der Waals surface area contributed by atoms with E-state index >= 15 is 0 Å². The maximum atomic E-state index is 11.6. The summed E-state index contributed by atoms with van der Waals surface area (Å²) < 4.78 is 11.1. The van der Waals surface area contributed by atoms with Crippen molar-refractivity contribution in [3.8, 4) is 5.75 Å². The predicted molar refractivity (Wildman–Crippen MR) is 82.4 cm³/mol. The molecule has 0 aliphatic carbocycles. The SMILES string of the molecule is NNC(=O)c1ccccc1OCCOCCc1cccs1. The van der Waals surface area contributed by atoms with Gasteiger partial charge in [-0.2, -0.15) is 0 Å². The summed E-state index contributed by atoms with van der Waals surface area (Å²) in [6.45, 7) is 1.53. The van der Waals surface area contributed by atoms with Crippen LogP contribution in [-0.4, -0.2) is 25.7 Å². The minimum Gasteiger partial charge on any atom is -0.490 e. The molecule has 6 heteroatoms. The van der Waals surface area contributed by atoms with Gasteiger partial charge in [-0.3, -0.25) is 10.2 Å². The minimum atomic E-state index is -0.371. The molecule has 0 bridgehead atoms. The van der Waals surface area contributed by atoms with Crippen LogP contribution < -0.4 is 16.0 Å². The predicted octanol–water partition coefficient (Wildman–Crippen LogP) is 1.99. The van der Waals surface area contributed by atoms with Gasteiger partial charge in [-0.05, 0) is 23.6 Å². The highest BCUT2D eigenvalue weighted by Crippen LogP contribution is 2.17. The Morgan fingerprint density at radius 3 is 2.76 bits per heavy atom. The van der Waals surface area contributed by atoms with Crippen LogP contribution in [-0.2, 0) is 11.2 Å². The number of amides is 1. The maximum Gasteiger partial charge on any atom is 0.268 e. The average molecular weight is 306 g/mol. The van der Waals surface area contributed by atoms with Crippen LogP contribution in [0, 0.1) is 0 Å². The molecule has 0 unspecified atom stereocenters. The van der Waals surface area contributed by atoms with Crippen molar-refractivity contribution in [2.24, 2.45) is 5.84 Å². The van der Waals surface area contributed by atoms with E-state index in [1.165, 1.54) is 4.88 Å². The lowest BCUT2D eigenvalue weighted by molar-refractivity contribution is 0.0928. The van der Waals surface area contributed by atoms with Crippen LogP contribution in [0.3, 0.4) is 0 Å². The van der Waals surface area contributed by atoms with E-state index in [0.717, 1.165) is 6.42 Å². The molecule has 0 aliphatic heterocycles. The number of rotatable bonds is 8. The molecule has 0 atom stereocenters. The summed E-state index contributed by atoms with van der Waals surface area (Å²) in [6, 6.07) is 11.1. The first-order valence-corrected chi connectivity index (χ1v) is 7.52. The Kier molecular flexibility index (Phi) is 6.21. The molecule has 1 aromatic carbocycles. The van der Waals surface area contributed by atoms with E-state index < -0.39 is 0 Å². The smallest absolute Gasteiger partial charge is 0.268 e. The molecule has 3 N–H and O–H groups in total. The number of ether oxygens (including phenoxy) is 2. The normalized spacial score (nSPS) is 10.3. The molecule has 0 aliphatic rings. The van der Waals surface area contributed by atoms with Crippen molar-refractivity contribution in [3.05, 3.63) is 52.2 Å². The van der Waals surface area contributed by atoms with E-state index in [1.54, 1.807) is 35.6 Å². The molecule has 1 heterocycles. The molecule has 21 heavy (non-hydrogen) atoms. The third-order valence-electron chi connectivity index (χ3n) is 2.82. The van der Waals surface area contributed by atoms with Crippen LogP contribution in [0.2, 0.25) is 0 Å². The number of para-hydroxylation sites is 1. The van der Waals surface area contributed by atoms with Gasteiger partial charge in [0.05, 0.1) is 18.8 Å². The number of carbonyl (C=O) groups excluding carboxylic acids is 1. The Morgan fingerprint density at radius 1 is 1.14 bits per heavy atom. The Bertz CT molecular complexity index is 558. The molecule has 1 amide bonds. The van der Waals surface area contributed by atoms with Gasteiger partial charge >= 0.3 is 0 Å². The zero-order chi connectivity index (χ0) is 14.9. The zero-order valence-corrected chi connectivity index (χ0v) is 12.4. The Morgan fingerprint density at radius 2 is 2.00 bits per heavy atom. The molecule has 0 radical (unpaired) electrons. The van der Waals surface area contributed by atoms with Crippen molar-refractivity contribution in [3.63, 3.8) is 0 Å². The Balaban J connectivity index is 1.70. The van der Waals surface area contributed by atoms with Crippen LogP contribution in [0.25, 0.3) is 0 Å². The number of nitrogens with two attached hydrogens (primary N) is 1. The number of carbonyl (C=O) groups is 1. The van der Waals surface area contributed by atoms with Crippen LogP contribution in [0.15, 0.2) is 41.8 Å². The molecular formula is C15H18N2O3S. The van der Waals surface area contributed by atoms with Gasteiger partial charge < -0.3 is 9.47 Å². The second-order valence-electron chi connectivity index (χ2n) is 4.26. The van der Waals surface area contributed by atoms with Gasteiger partial charge in [0, 0.05) is 11.3 Å². The summed E-state index contributed by atoms with van der Waals surface area (Å²) in [5.41, 5.74) is 2.51. The van der Waals surface area contributed by atoms with Crippen molar-refractivity contribution in [1.29, 1.82) is 0 Å². The molecule has 112 valence electrons. The van der Waals surface area contributed by atoms with Crippen LogP contribution in [0.5, 0.6) is 5.75 Å². The van der Waals surface area contributed by atoms with E-state index in [9.17, 15) is 4.79 Å². The van der Waals surface area contributed by atoms with Gasteiger partial charge in [0.25, 0.3) is 5.91 Å².